The number of imidazole rings is 1. The van der Waals surface area contributed by atoms with E-state index in [0.717, 1.165) is 29.2 Å². The number of fused-ring (bicyclic) bond motifs is 1. The average molecular weight is 266 g/mol. The molecule has 20 heavy (non-hydrogen) atoms. The molecule has 2 heterocycles. The van der Waals surface area contributed by atoms with E-state index in [1.54, 1.807) is 0 Å². The molecule has 0 aliphatic carbocycles. The van der Waals surface area contributed by atoms with Gasteiger partial charge in [-0.2, -0.15) is 0 Å². The van der Waals surface area contributed by atoms with Crippen LogP contribution < -0.4 is 5.32 Å². The Kier molecular flexibility index (Phi) is 3.37. The molecule has 4 nitrogen and oxygen atoms in total. The van der Waals surface area contributed by atoms with Crippen LogP contribution in [0, 0.1) is 6.92 Å². The normalized spacial score (nSPS) is 10.9. The predicted molar refractivity (Wildman–Crippen MR) is 81.7 cm³/mol. The van der Waals surface area contributed by atoms with E-state index >= 15 is 0 Å². The minimum Gasteiger partial charge on any atom is -0.378 e. The van der Waals surface area contributed by atoms with Gasteiger partial charge in [0.05, 0.1) is 6.54 Å². The molecule has 1 N–H and O–H groups in total. The van der Waals surface area contributed by atoms with Crippen LogP contribution >= 0.6 is 0 Å². The molecule has 102 valence electrons. The van der Waals surface area contributed by atoms with Gasteiger partial charge in [-0.1, -0.05) is 17.7 Å². The summed E-state index contributed by atoms with van der Waals surface area (Å²) in [4.78, 5) is 9.07. The molecule has 0 saturated heterocycles. The molecule has 0 aliphatic rings. The van der Waals surface area contributed by atoms with Gasteiger partial charge in [-0.3, -0.25) is 0 Å². The van der Waals surface area contributed by atoms with E-state index in [0.29, 0.717) is 6.54 Å². The minimum atomic E-state index is 0.702. The van der Waals surface area contributed by atoms with Crippen LogP contribution in [0.3, 0.4) is 0 Å². The molecule has 0 atom stereocenters. The lowest BCUT2D eigenvalue weighted by atomic mass is 10.2. The molecule has 0 aliphatic heterocycles. The number of aromatic nitrogens is 3. The average Bonchev–Trinajstić information content (AvgIpc) is 2.84. The first kappa shape index (κ1) is 12.7. The van der Waals surface area contributed by atoms with Gasteiger partial charge in [0.1, 0.15) is 11.3 Å². The van der Waals surface area contributed by atoms with Gasteiger partial charge < -0.3 is 9.88 Å². The maximum atomic E-state index is 4.65. The summed E-state index contributed by atoms with van der Waals surface area (Å²) in [7, 11) is 0. The number of rotatable bonds is 4. The zero-order valence-corrected chi connectivity index (χ0v) is 11.8. The molecule has 0 unspecified atom stereocenters. The number of pyridine rings is 1. The van der Waals surface area contributed by atoms with E-state index in [2.05, 4.69) is 58.0 Å². The third-order valence-electron chi connectivity index (χ3n) is 3.40. The zero-order valence-electron chi connectivity index (χ0n) is 11.8. The maximum Gasteiger partial charge on any atom is 0.160 e. The first-order valence-corrected chi connectivity index (χ1v) is 6.88. The Balaban J connectivity index is 1.85. The number of hydrogen-bond donors (Lipinski definition) is 1. The molecule has 3 aromatic rings. The van der Waals surface area contributed by atoms with Crippen molar-refractivity contribution in [2.75, 3.05) is 5.32 Å². The molecule has 1 aromatic carbocycles. The monoisotopic (exact) mass is 266 g/mol. The maximum absolute atomic E-state index is 4.65. The third-order valence-corrected chi connectivity index (χ3v) is 3.40. The molecular formula is C16H18N4. The van der Waals surface area contributed by atoms with E-state index in [1.165, 1.54) is 5.56 Å². The van der Waals surface area contributed by atoms with Crippen LogP contribution in [0.25, 0.3) is 11.2 Å². The highest BCUT2D eigenvalue weighted by molar-refractivity contribution is 5.71. The van der Waals surface area contributed by atoms with Gasteiger partial charge in [0.25, 0.3) is 0 Å². The van der Waals surface area contributed by atoms with Crippen molar-refractivity contribution < 1.29 is 0 Å². The van der Waals surface area contributed by atoms with Gasteiger partial charge in [-0.15, -0.1) is 0 Å². The summed E-state index contributed by atoms with van der Waals surface area (Å²) in [5.41, 5.74) is 4.28. The van der Waals surface area contributed by atoms with Crippen LogP contribution in [0.1, 0.15) is 18.3 Å². The zero-order chi connectivity index (χ0) is 13.9. The number of benzene rings is 1. The Morgan fingerprint density at radius 1 is 1.15 bits per heavy atom. The SMILES string of the molecule is CCn1c(CNc2ccc(C)cc2)nc2cccnc21. The third kappa shape index (κ3) is 2.37. The lowest BCUT2D eigenvalue weighted by Crippen LogP contribution is -2.08. The Morgan fingerprint density at radius 3 is 2.70 bits per heavy atom. The number of aryl methyl sites for hydroxylation is 2. The summed E-state index contributed by atoms with van der Waals surface area (Å²) in [5.74, 6) is 1.02. The molecule has 0 amide bonds. The fourth-order valence-electron chi connectivity index (χ4n) is 2.33. The van der Waals surface area contributed by atoms with E-state index in [-0.39, 0.29) is 0 Å². The standard InChI is InChI=1S/C16H18N4/c1-3-20-15(19-14-5-4-10-17-16(14)20)11-18-13-8-6-12(2)7-9-13/h4-10,18H,3,11H2,1-2H3. The van der Waals surface area contributed by atoms with Crippen molar-refractivity contribution in [2.45, 2.75) is 26.9 Å². The Hall–Kier alpha value is -2.36. The van der Waals surface area contributed by atoms with Crippen molar-refractivity contribution in [3.8, 4) is 0 Å². The van der Waals surface area contributed by atoms with E-state index in [1.807, 2.05) is 18.3 Å². The van der Waals surface area contributed by atoms with E-state index in [9.17, 15) is 0 Å². The van der Waals surface area contributed by atoms with Crippen molar-refractivity contribution in [1.82, 2.24) is 14.5 Å². The molecule has 4 heteroatoms. The van der Waals surface area contributed by atoms with Gasteiger partial charge in [0, 0.05) is 18.4 Å². The Morgan fingerprint density at radius 2 is 1.95 bits per heavy atom. The highest BCUT2D eigenvalue weighted by atomic mass is 15.1. The second kappa shape index (κ2) is 5.33. The van der Waals surface area contributed by atoms with Crippen LogP contribution in [0.4, 0.5) is 5.69 Å². The molecule has 0 spiro atoms. The fourth-order valence-corrected chi connectivity index (χ4v) is 2.33. The van der Waals surface area contributed by atoms with Crippen LogP contribution in [-0.4, -0.2) is 14.5 Å². The molecule has 3 rings (SSSR count). The summed E-state index contributed by atoms with van der Waals surface area (Å²) >= 11 is 0. The van der Waals surface area contributed by atoms with Crippen molar-refractivity contribution >= 4 is 16.9 Å². The molecule has 0 fully saturated rings. The molecule has 0 radical (unpaired) electrons. The highest BCUT2D eigenvalue weighted by Crippen LogP contribution is 2.15. The quantitative estimate of drug-likeness (QED) is 0.787. The van der Waals surface area contributed by atoms with Gasteiger partial charge >= 0.3 is 0 Å². The molecule has 0 saturated carbocycles. The smallest absolute Gasteiger partial charge is 0.160 e. The summed E-state index contributed by atoms with van der Waals surface area (Å²) in [6.45, 7) is 5.78. The number of nitrogens with one attached hydrogen (secondary N) is 1. The largest absolute Gasteiger partial charge is 0.378 e. The Bertz CT molecular complexity index is 713. The molecule has 2 aromatic heterocycles. The highest BCUT2D eigenvalue weighted by Gasteiger charge is 2.09. The number of nitrogens with zero attached hydrogens (tertiary/aromatic N) is 3. The second-order valence-corrected chi connectivity index (χ2v) is 4.84. The van der Waals surface area contributed by atoms with E-state index < -0.39 is 0 Å². The first-order valence-electron chi connectivity index (χ1n) is 6.88. The molecule has 0 bridgehead atoms. The minimum absolute atomic E-state index is 0.702. The van der Waals surface area contributed by atoms with Crippen molar-refractivity contribution in [1.29, 1.82) is 0 Å². The van der Waals surface area contributed by atoms with Crippen LogP contribution in [0.2, 0.25) is 0 Å². The van der Waals surface area contributed by atoms with Gasteiger partial charge in [-0.05, 0) is 38.1 Å². The summed E-state index contributed by atoms with van der Waals surface area (Å²) in [6, 6.07) is 12.3. The van der Waals surface area contributed by atoms with Crippen LogP contribution in [-0.2, 0) is 13.1 Å². The Labute approximate surface area is 118 Å². The summed E-state index contributed by atoms with van der Waals surface area (Å²) in [5, 5.41) is 3.41. The second-order valence-electron chi connectivity index (χ2n) is 4.84. The van der Waals surface area contributed by atoms with Crippen LogP contribution in [0.5, 0.6) is 0 Å². The van der Waals surface area contributed by atoms with Crippen molar-refractivity contribution in [3.63, 3.8) is 0 Å². The number of hydrogen-bond acceptors (Lipinski definition) is 3. The fraction of sp³-hybridized carbons (Fsp3) is 0.250. The van der Waals surface area contributed by atoms with Gasteiger partial charge in [0.2, 0.25) is 0 Å². The first-order chi connectivity index (χ1) is 9.78. The van der Waals surface area contributed by atoms with Crippen molar-refractivity contribution in [3.05, 3.63) is 54.0 Å². The lowest BCUT2D eigenvalue weighted by Gasteiger charge is -2.08. The van der Waals surface area contributed by atoms with Gasteiger partial charge in [-0.25, -0.2) is 9.97 Å². The predicted octanol–water partition coefficient (Wildman–Crippen LogP) is 3.37. The number of anilines is 1. The molecular weight excluding hydrogens is 248 g/mol. The van der Waals surface area contributed by atoms with Gasteiger partial charge in [0.15, 0.2) is 5.65 Å². The topological polar surface area (TPSA) is 42.7 Å². The summed E-state index contributed by atoms with van der Waals surface area (Å²) < 4.78 is 2.15. The van der Waals surface area contributed by atoms with Crippen LogP contribution in [0.15, 0.2) is 42.6 Å². The lowest BCUT2D eigenvalue weighted by molar-refractivity contribution is 0.722. The summed E-state index contributed by atoms with van der Waals surface area (Å²) in [6.07, 6.45) is 1.81. The van der Waals surface area contributed by atoms with Crippen molar-refractivity contribution in [2.24, 2.45) is 0 Å². The van der Waals surface area contributed by atoms with E-state index in [4.69, 9.17) is 0 Å².